The van der Waals surface area contributed by atoms with E-state index in [2.05, 4.69) is 10.2 Å². The molecule has 0 radical (unpaired) electrons. The van der Waals surface area contributed by atoms with Crippen molar-refractivity contribution < 1.29 is 14.0 Å². The smallest absolute Gasteiger partial charge is 0.255 e. The summed E-state index contributed by atoms with van der Waals surface area (Å²) >= 11 is 0. The van der Waals surface area contributed by atoms with Crippen LogP contribution >= 0.6 is 0 Å². The van der Waals surface area contributed by atoms with Crippen molar-refractivity contribution in [2.45, 2.75) is 0 Å². The van der Waals surface area contributed by atoms with Gasteiger partial charge < -0.3 is 15.1 Å². The first-order valence-electron chi connectivity index (χ1n) is 10.5. The van der Waals surface area contributed by atoms with Crippen LogP contribution in [0.1, 0.15) is 15.9 Å². The normalized spacial score (nSPS) is 13.9. The lowest BCUT2D eigenvalue weighted by molar-refractivity contribution is -0.126. The van der Waals surface area contributed by atoms with Crippen molar-refractivity contribution in [1.29, 1.82) is 0 Å². The van der Waals surface area contributed by atoms with Crippen LogP contribution < -0.4 is 10.2 Å². The largest absolute Gasteiger partial charge is 0.368 e. The maximum atomic E-state index is 13.3. The highest BCUT2D eigenvalue weighted by atomic mass is 19.1. The van der Waals surface area contributed by atoms with Gasteiger partial charge in [0.1, 0.15) is 5.82 Å². The Labute approximate surface area is 186 Å². The van der Waals surface area contributed by atoms with Crippen LogP contribution in [0.3, 0.4) is 0 Å². The molecule has 1 aliphatic rings. The number of hydrogen-bond donors (Lipinski definition) is 1. The molecule has 3 aromatic carbocycles. The van der Waals surface area contributed by atoms with Gasteiger partial charge in [0.2, 0.25) is 5.91 Å². The monoisotopic (exact) mass is 429 g/mol. The first-order chi connectivity index (χ1) is 15.6. The number of anilines is 2. The lowest BCUT2D eigenvalue weighted by atomic mass is 10.2. The van der Waals surface area contributed by atoms with Crippen molar-refractivity contribution >= 4 is 29.3 Å². The molecule has 162 valence electrons. The third-order valence-corrected chi connectivity index (χ3v) is 5.39. The van der Waals surface area contributed by atoms with Gasteiger partial charge in [0.25, 0.3) is 5.91 Å². The average Bonchev–Trinajstić information content (AvgIpc) is 2.84. The van der Waals surface area contributed by atoms with Crippen molar-refractivity contribution in [2.24, 2.45) is 0 Å². The molecular formula is C26H24FN3O2. The molecule has 1 saturated heterocycles. The maximum Gasteiger partial charge on any atom is 0.255 e. The van der Waals surface area contributed by atoms with Crippen LogP contribution in [0.4, 0.5) is 15.8 Å². The standard InChI is InChI=1S/C26H24FN3O2/c27-22-8-4-7-21(19-22)26(32)28-23-10-12-24(13-11-23)29-15-17-30(18-16-29)25(31)14-9-20-5-2-1-3-6-20/h1-14,19H,15-18H2,(H,28,32)/b14-9+. The minimum absolute atomic E-state index is 0.0175. The van der Waals surface area contributed by atoms with Gasteiger partial charge in [-0.05, 0) is 54.1 Å². The molecule has 2 amide bonds. The van der Waals surface area contributed by atoms with Crippen LogP contribution in [0.25, 0.3) is 6.08 Å². The van der Waals surface area contributed by atoms with Crippen LogP contribution in [0.15, 0.2) is 84.9 Å². The van der Waals surface area contributed by atoms with E-state index in [9.17, 15) is 14.0 Å². The lowest BCUT2D eigenvalue weighted by Crippen LogP contribution is -2.48. The second-order valence-corrected chi connectivity index (χ2v) is 7.57. The number of hydrogen-bond acceptors (Lipinski definition) is 3. The van der Waals surface area contributed by atoms with Crippen molar-refractivity contribution in [3.05, 3.63) is 102 Å². The number of piperazine rings is 1. The van der Waals surface area contributed by atoms with Gasteiger partial charge in [-0.3, -0.25) is 9.59 Å². The second kappa shape index (κ2) is 9.92. The maximum absolute atomic E-state index is 13.3. The molecule has 1 fully saturated rings. The zero-order valence-electron chi connectivity index (χ0n) is 17.6. The Morgan fingerprint density at radius 3 is 2.25 bits per heavy atom. The fraction of sp³-hybridized carbons (Fsp3) is 0.154. The van der Waals surface area contributed by atoms with Gasteiger partial charge in [0, 0.05) is 49.2 Å². The highest BCUT2D eigenvalue weighted by Gasteiger charge is 2.20. The molecule has 0 saturated carbocycles. The number of rotatable bonds is 5. The minimum Gasteiger partial charge on any atom is -0.368 e. The quantitative estimate of drug-likeness (QED) is 0.610. The van der Waals surface area contributed by atoms with Gasteiger partial charge in [0.05, 0.1) is 0 Å². The van der Waals surface area contributed by atoms with Gasteiger partial charge in [-0.25, -0.2) is 4.39 Å². The van der Waals surface area contributed by atoms with Crippen LogP contribution in [0.5, 0.6) is 0 Å². The highest BCUT2D eigenvalue weighted by Crippen LogP contribution is 2.20. The Kier molecular flexibility index (Phi) is 6.60. The summed E-state index contributed by atoms with van der Waals surface area (Å²) < 4.78 is 13.3. The number of carbonyl (C=O) groups is 2. The van der Waals surface area contributed by atoms with E-state index in [1.165, 1.54) is 18.2 Å². The van der Waals surface area contributed by atoms with Crippen molar-refractivity contribution in [3.8, 4) is 0 Å². The summed E-state index contributed by atoms with van der Waals surface area (Å²) in [6.45, 7) is 2.77. The van der Waals surface area contributed by atoms with Crippen LogP contribution in [-0.2, 0) is 4.79 Å². The SMILES string of the molecule is O=C(Nc1ccc(N2CCN(C(=O)/C=C/c3ccccc3)CC2)cc1)c1cccc(F)c1. The Morgan fingerprint density at radius 2 is 1.56 bits per heavy atom. The van der Waals surface area contributed by atoms with Crippen LogP contribution in [0, 0.1) is 5.82 Å². The van der Waals surface area contributed by atoms with E-state index in [4.69, 9.17) is 0 Å². The Bertz CT molecular complexity index is 1110. The van der Waals surface area contributed by atoms with Crippen LogP contribution in [-0.4, -0.2) is 42.9 Å². The molecule has 0 aromatic heterocycles. The molecule has 6 heteroatoms. The van der Waals surface area contributed by atoms with Gasteiger partial charge in [0.15, 0.2) is 0 Å². The van der Waals surface area contributed by atoms with Crippen molar-refractivity contribution in [2.75, 3.05) is 36.4 Å². The fourth-order valence-electron chi connectivity index (χ4n) is 3.61. The summed E-state index contributed by atoms with van der Waals surface area (Å²) in [7, 11) is 0. The summed E-state index contributed by atoms with van der Waals surface area (Å²) in [6, 6.07) is 22.9. The zero-order valence-corrected chi connectivity index (χ0v) is 17.6. The molecule has 4 rings (SSSR count). The Balaban J connectivity index is 1.29. The molecular weight excluding hydrogens is 405 g/mol. The summed E-state index contributed by atoms with van der Waals surface area (Å²) in [4.78, 5) is 28.8. The van der Waals surface area contributed by atoms with E-state index in [1.807, 2.05) is 65.6 Å². The first kappa shape index (κ1) is 21.3. The zero-order chi connectivity index (χ0) is 22.3. The van der Waals surface area contributed by atoms with Crippen molar-refractivity contribution in [1.82, 2.24) is 4.90 Å². The topological polar surface area (TPSA) is 52.7 Å². The number of nitrogens with zero attached hydrogens (tertiary/aromatic N) is 2. The van der Waals surface area contributed by atoms with E-state index >= 15 is 0 Å². The number of benzene rings is 3. The molecule has 0 unspecified atom stereocenters. The fourth-order valence-corrected chi connectivity index (χ4v) is 3.61. The van der Waals surface area contributed by atoms with E-state index < -0.39 is 5.82 Å². The predicted molar refractivity (Wildman–Crippen MR) is 125 cm³/mol. The van der Waals surface area contributed by atoms with Gasteiger partial charge in [-0.2, -0.15) is 0 Å². The van der Waals surface area contributed by atoms with E-state index in [0.717, 1.165) is 24.3 Å². The third-order valence-electron chi connectivity index (χ3n) is 5.39. The van der Waals surface area contributed by atoms with Gasteiger partial charge >= 0.3 is 0 Å². The number of carbonyl (C=O) groups excluding carboxylic acids is 2. The third kappa shape index (κ3) is 5.40. The van der Waals surface area contributed by atoms with Gasteiger partial charge in [-0.15, -0.1) is 0 Å². The molecule has 0 spiro atoms. The molecule has 1 aliphatic heterocycles. The summed E-state index contributed by atoms with van der Waals surface area (Å²) in [5.41, 5.74) is 2.95. The molecule has 5 nitrogen and oxygen atoms in total. The van der Waals surface area contributed by atoms with Gasteiger partial charge in [-0.1, -0.05) is 36.4 Å². The number of halogens is 1. The molecule has 3 aromatic rings. The summed E-state index contributed by atoms with van der Waals surface area (Å²) in [5, 5.41) is 2.78. The van der Waals surface area contributed by atoms with Crippen molar-refractivity contribution in [3.63, 3.8) is 0 Å². The number of amides is 2. The molecule has 0 bridgehead atoms. The van der Waals surface area contributed by atoms with E-state index in [0.29, 0.717) is 18.8 Å². The Morgan fingerprint density at radius 1 is 0.844 bits per heavy atom. The lowest BCUT2D eigenvalue weighted by Gasteiger charge is -2.35. The Hall–Kier alpha value is -3.93. The first-order valence-corrected chi connectivity index (χ1v) is 10.5. The molecule has 1 heterocycles. The molecule has 0 aliphatic carbocycles. The average molecular weight is 429 g/mol. The van der Waals surface area contributed by atoms with Crippen LogP contribution in [0.2, 0.25) is 0 Å². The molecule has 1 N–H and O–H groups in total. The second-order valence-electron chi connectivity index (χ2n) is 7.57. The molecule has 32 heavy (non-hydrogen) atoms. The van der Waals surface area contributed by atoms with E-state index in [-0.39, 0.29) is 17.4 Å². The predicted octanol–water partition coefficient (Wildman–Crippen LogP) is 4.44. The summed E-state index contributed by atoms with van der Waals surface area (Å²) in [6.07, 6.45) is 3.46. The minimum atomic E-state index is -0.443. The van der Waals surface area contributed by atoms with E-state index in [1.54, 1.807) is 12.1 Å². The summed E-state index contributed by atoms with van der Waals surface area (Å²) in [5.74, 6) is -0.780. The molecule has 0 atom stereocenters. The highest BCUT2D eigenvalue weighted by molar-refractivity contribution is 6.04. The number of nitrogens with one attached hydrogen (secondary N) is 1.